The number of urea groups is 1. The summed E-state index contributed by atoms with van der Waals surface area (Å²) < 4.78 is 13.9. The molecule has 0 aliphatic rings. The number of benzene rings is 1. The molecule has 1 heterocycles. The fraction of sp³-hybridized carbons (Fsp3) is 0. The van der Waals surface area contributed by atoms with Gasteiger partial charge in [-0.2, -0.15) is 4.73 Å². The lowest BCUT2D eigenvalue weighted by Gasteiger charge is -2.07. The van der Waals surface area contributed by atoms with Gasteiger partial charge in [0.1, 0.15) is 5.82 Å². The van der Waals surface area contributed by atoms with Crippen LogP contribution in [-0.2, 0) is 0 Å². The summed E-state index contributed by atoms with van der Waals surface area (Å²) in [6.45, 7) is 0. The Hall–Kier alpha value is -2.63. The van der Waals surface area contributed by atoms with Crippen molar-refractivity contribution in [2.45, 2.75) is 0 Å². The number of para-hydroxylation sites is 1. The van der Waals surface area contributed by atoms with Crippen molar-refractivity contribution in [2.75, 3.05) is 10.6 Å². The third kappa shape index (κ3) is 2.94. The van der Waals surface area contributed by atoms with E-state index in [1.165, 1.54) is 42.7 Å². The molecule has 18 heavy (non-hydrogen) atoms. The fourth-order valence-corrected chi connectivity index (χ4v) is 1.34. The first-order chi connectivity index (χ1) is 8.65. The van der Waals surface area contributed by atoms with Crippen LogP contribution in [0.4, 0.5) is 20.6 Å². The van der Waals surface area contributed by atoms with Crippen LogP contribution in [-0.4, -0.2) is 6.03 Å². The van der Waals surface area contributed by atoms with Gasteiger partial charge in [-0.15, -0.1) is 0 Å². The average Bonchev–Trinajstić information content (AvgIpc) is 2.35. The lowest BCUT2D eigenvalue weighted by molar-refractivity contribution is -0.605. The van der Waals surface area contributed by atoms with Gasteiger partial charge in [-0.25, -0.2) is 9.18 Å². The maximum Gasteiger partial charge on any atom is 0.323 e. The first-order valence-corrected chi connectivity index (χ1v) is 5.16. The number of pyridine rings is 1. The molecule has 0 atom stereocenters. The summed E-state index contributed by atoms with van der Waals surface area (Å²) in [5.74, 6) is -0.516. The molecule has 6 heteroatoms. The maximum atomic E-state index is 13.3. The van der Waals surface area contributed by atoms with Gasteiger partial charge in [0, 0.05) is 12.1 Å². The van der Waals surface area contributed by atoms with Crippen LogP contribution in [0.25, 0.3) is 0 Å². The van der Waals surface area contributed by atoms with Gasteiger partial charge in [0.2, 0.25) is 0 Å². The molecular formula is C12H10FN3O2. The largest absolute Gasteiger partial charge is 0.619 e. The standard InChI is InChI=1S/C12H10FN3O2/c13-10-3-1-2-4-11(10)15-12(17)14-9-5-7-16(18)8-6-9/h1-8H,(H2,14,15,17). The van der Waals surface area contributed by atoms with Crippen LogP contribution in [0.2, 0.25) is 0 Å². The number of anilines is 2. The topological polar surface area (TPSA) is 68.1 Å². The molecule has 1 aromatic heterocycles. The Labute approximate surface area is 102 Å². The molecule has 92 valence electrons. The number of rotatable bonds is 2. The number of carbonyl (C=O) groups excluding carboxylic acids is 1. The fourth-order valence-electron chi connectivity index (χ4n) is 1.34. The maximum absolute atomic E-state index is 13.3. The predicted octanol–water partition coefficient (Wildman–Crippen LogP) is 2.10. The second kappa shape index (κ2) is 5.13. The van der Waals surface area contributed by atoms with Crippen molar-refractivity contribution < 1.29 is 13.9 Å². The zero-order valence-electron chi connectivity index (χ0n) is 9.26. The van der Waals surface area contributed by atoms with E-state index >= 15 is 0 Å². The first kappa shape index (κ1) is 11.8. The number of carbonyl (C=O) groups is 1. The first-order valence-electron chi connectivity index (χ1n) is 5.16. The molecule has 2 N–H and O–H groups in total. The quantitative estimate of drug-likeness (QED) is 0.630. The second-order valence-electron chi connectivity index (χ2n) is 3.51. The minimum absolute atomic E-state index is 0.0878. The van der Waals surface area contributed by atoms with Crippen LogP contribution in [0.3, 0.4) is 0 Å². The number of nitrogens with one attached hydrogen (secondary N) is 2. The Morgan fingerprint density at radius 3 is 2.44 bits per heavy atom. The lowest BCUT2D eigenvalue weighted by Crippen LogP contribution is -2.25. The van der Waals surface area contributed by atoms with E-state index in [0.717, 1.165) is 0 Å². The highest BCUT2D eigenvalue weighted by atomic mass is 19.1. The Bertz CT molecular complexity index is 558. The van der Waals surface area contributed by atoms with Crippen LogP contribution < -0.4 is 15.4 Å². The van der Waals surface area contributed by atoms with Gasteiger partial charge in [-0.3, -0.25) is 0 Å². The van der Waals surface area contributed by atoms with Gasteiger partial charge in [-0.05, 0) is 12.1 Å². The van der Waals surface area contributed by atoms with Gasteiger partial charge in [0.15, 0.2) is 12.4 Å². The molecule has 0 aliphatic carbocycles. The monoisotopic (exact) mass is 247 g/mol. The van der Waals surface area contributed by atoms with Crippen molar-refractivity contribution >= 4 is 17.4 Å². The van der Waals surface area contributed by atoms with E-state index in [9.17, 15) is 14.4 Å². The normalized spacial score (nSPS) is 9.83. The summed E-state index contributed by atoms with van der Waals surface area (Å²) in [5.41, 5.74) is 0.528. The molecule has 0 bridgehead atoms. The van der Waals surface area contributed by atoms with E-state index in [4.69, 9.17) is 0 Å². The number of hydrogen-bond donors (Lipinski definition) is 2. The van der Waals surface area contributed by atoms with Crippen LogP contribution in [0.15, 0.2) is 48.8 Å². The number of aromatic nitrogens is 1. The van der Waals surface area contributed by atoms with Crippen molar-refractivity contribution in [1.82, 2.24) is 0 Å². The highest BCUT2D eigenvalue weighted by Gasteiger charge is 2.06. The Morgan fingerprint density at radius 1 is 1.11 bits per heavy atom. The van der Waals surface area contributed by atoms with Crippen molar-refractivity contribution in [3.05, 3.63) is 59.8 Å². The minimum Gasteiger partial charge on any atom is -0.619 e. The molecule has 5 nitrogen and oxygen atoms in total. The van der Waals surface area contributed by atoms with E-state index in [2.05, 4.69) is 10.6 Å². The molecule has 0 spiro atoms. The highest BCUT2D eigenvalue weighted by molar-refractivity contribution is 5.99. The Kier molecular flexibility index (Phi) is 3.38. The van der Waals surface area contributed by atoms with Gasteiger partial charge < -0.3 is 15.8 Å². The molecule has 0 saturated carbocycles. The Balaban J connectivity index is 2.01. The van der Waals surface area contributed by atoms with Crippen molar-refractivity contribution in [1.29, 1.82) is 0 Å². The molecule has 0 unspecified atom stereocenters. The van der Waals surface area contributed by atoms with E-state index < -0.39 is 11.8 Å². The molecule has 0 fully saturated rings. The van der Waals surface area contributed by atoms with Crippen LogP contribution >= 0.6 is 0 Å². The predicted molar refractivity (Wildman–Crippen MR) is 64.4 cm³/mol. The van der Waals surface area contributed by atoms with Crippen LogP contribution in [0.1, 0.15) is 0 Å². The van der Waals surface area contributed by atoms with E-state index in [1.807, 2.05) is 0 Å². The smallest absolute Gasteiger partial charge is 0.323 e. The summed E-state index contributed by atoms with van der Waals surface area (Å²) in [6, 6.07) is 8.14. The second-order valence-corrected chi connectivity index (χ2v) is 3.51. The zero-order chi connectivity index (χ0) is 13.0. The molecule has 0 radical (unpaired) electrons. The summed E-state index contributed by atoms with van der Waals surface area (Å²) in [4.78, 5) is 11.5. The molecule has 2 aromatic rings. The van der Waals surface area contributed by atoms with Gasteiger partial charge in [0.25, 0.3) is 0 Å². The molecule has 2 rings (SSSR count). The van der Waals surface area contributed by atoms with Crippen LogP contribution in [0.5, 0.6) is 0 Å². The molecular weight excluding hydrogens is 237 g/mol. The number of nitrogens with zero attached hydrogens (tertiary/aromatic N) is 1. The summed E-state index contributed by atoms with van der Waals surface area (Å²) in [7, 11) is 0. The molecule has 0 aliphatic heterocycles. The molecule has 0 saturated heterocycles. The number of hydrogen-bond acceptors (Lipinski definition) is 2. The van der Waals surface area contributed by atoms with E-state index in [0.29, 0.717) is 10.4 Å². The minimum atomic E-state index is -0.580. The lowest BCUT2D eigenvalue weighted by atomic mass is 10.3. The van der Waals surface area contributed by atoms with Gasteiger partial charge in [-0.1, -0.05) is 12.1 Å². The van der Waals surface area contributed by atoms with Gasteiger partial charge >= 0.3 is 6.03 Å². The third-order valence-electron chi connectivity index (χ3n) is 2.18. The van der Waals surface area contributed by atoms with Gasteiger partial charge in [0.05, 0.1) is 11.4 Å². The van der Waals surface area contributed by atoms with E-state index in [1.54, 1.807) is 6.07 Å². The number of halogens is 1. The average molecular weight is 247 g/mol. The number of amides is 2. The molecule has 2 amide bonds. The van der Waals surface area contributed by atoms with Crippen LogP contribution in [0, 0.1) is 11.0 Å². The summed E-state index contributed by atoms with van der Waals surface area (Å²) in [6.07, 6.45) is 2.50. The highest BCUT2D eigenvalue weighted by Crippen LogP contribution is 2.13. The van der Waals surface area contributed by atoms with Crippen molar-refractivity contribution in [3.63, 3.8) is 0 Å². The summed E-state index contributed by atoms with van der Waals surface area (Å²) in [5, 5.41) is 15.6. The van der Waals surface area contributed by atoms with Crippen molar-refractivity contribution in [2.24, 2.45) is 0 Å². The third-order valence-corrected chi connectivity index (χ3v) is 2.18. The van der Waals surface area contributed by atoms with Crippen molar-refractivity contribution in [3.8, 4) is 0 Å². The zero-order valence-corrected chi connectivity index (χ0v) is 9.26. The summed E-state index contributed by atoms with van der Waals surface area (Å²) >= 11 is 0. The Morgan fingerprint density at radius 2 is 1.78 bits per heavy atom. The molecule has 1 aromatic carbocycles. The van der Waals surface area contributed by atoms with E-state index in [-0.39, 0.29) is 5.69 Å². The SMILES string of the molecule is O=C(Nc1cc[n+]([O-])cc1)Nc1ccccc1F.